The zero-order chi connectivity index (χ0) is 51.7. The minimum Gasteiger partial charge on any atom is -0.462 e. The summed E-state index contributed by atoms with van der Waals surface area (Å²) in [5.41, 5.74) is 5.38. The van der Waals surface area contributed by atoms with Gasteiger partial charge < -0.3 is 20.1 Å². The molecule has 2 unspecified atom stereocenters. The first-order valence-corrected chi connectivity index (χ1v) is 31.3. The number of allylic oxidation sites excluding steroid dienone is 10. The van der Waals surface area contributed by atoms with Crippen molar-refractivity contribution in [1.82, 2.24) is 0 Å². The maximum absolute atomic E-state index is 12.7. The van der Waals surface area contributed by atoms with Crippen LogP contribution in [0.1, 0.15) is 284 Å². The SMILES string of the molecule is CC/C=C\C/C=C\C/C=C\C/C=C\C/C=C\CCCCCCCCCCCCCCCCCCCC(=O)OC(COC(=O)CCCCCCCCCCCCCCCCCCC)COP(=O)(O)OCCN. The highest BCUT2D eigenvalue weighted by molar-refractivity contribution is 7.47. The number of phosphoric ester groups is 1. The summed E-state index contributed by atoms with van der Waals surface area (Å²) in [5.74, 6) is -0.814. The fourth-order valence-electron chi connectivity index (χ4n) is 8.55. The molecule has 0 aliphatic heterocycles. The molecule has 0 spiro atoms. The second-order valence-corrected chi connectivity index (χ2v) is 21.3. The third kappa shape index (κ3) is 56.9. The lowest BCUT2D eigenvalue weighted by atomic mass is 10.0. The first-order chi connectivity index (χ1) is 34.8. The van der Waals surface area contributed by atoms with Gasteiger partial charge in [-0.05, 0) is 57.8 Å². The number of unbranched alkanes of at least 4 members (excludes halogenated alkanes) is 33. The van der Waals surface area contributed by atoms with Crippen LogP contribution in [0.2, 0.25) is 0 Å². The van der Waals surface area contributed by atoms with E-state index in [0.29, 0.717) is 6.42 Å². The van der Waals surface area contributed by atoms with Gasteiger partial charge in [0.05, 0.1) is 13.2 Å². The number of hydrogen-bond donors (Lipinski definition) is 2. The largest absolute Gasteiger partial charge is 0.472 e. The van der Waals surface area contributed by atoms with Gasteiger partial charge in [-0.25, -0.2) is 4.57 Å². The van der Waals surface area contributed by atoms with Crippen LogP contribution in [0, 0.1) is 0 Å². The zero-order valence-electron chi connectivity index (χ0n) is 46.2. The number of carbonyl (C=O) groups excluding carboxylic acids is 2. The summed E-state index contributed by atoms with van der Waals surface area (Å²) in [7, 11) is -4.38. The van der Waals surface area contributed by atoms with E-state index in [1.807, 2.05) is 0 Å². The van der Waals surface area contributed by atoms with E-state index in [1.165, 1.54) is 180 Å². The predicted molar refractivity (Wildman–Crippen MR) is 303 cm³/mol. The molecule has 0 rings (SSSR count). The molecule has 71 heavy (non-hydrogen) atoms. The third-order valence-electron chi connectivity index (χ3n) is 12.9. The molecule has 0 aliphatic carbocycles. The number of phosphoric acid groups is 1. The minimum absolute atomic E-state index is 0.0545. The molecule has 3 N–H and O–H groups in total. The van der Waals surface area contributed by atoms with Crippen LogP contribution in [0.4, 0.5) is 0 Å². The molecular weight excluding hydrogens is 906 g/mol. The second kappa shape index (κ2) is 57.0. The van der Waals surface area contributed by atoms with Gasteiger partial charge in [-0.15, -0.1) is 0 Å². The maximum atomic E-state index is 12.7. The third-order valence-corrected chi connectivity index (χ3v) is 13.9. The predicted octanol–water partition coefficient (Wildman–Crippen LogP) is 18.7. The Hall–Kier alpha value is -2.29. The summed E-state index contributed by atoms with van der Waals surface area (Å²) in [6, 6.07) is 0. The molecule has 9 nitrogen and oxygen atoms in total. The molecule has 0 saturated carbocycles. The van der Waals surface area contributed by atoms with Crippen molar-refractivity contribution < 1.29 is 37.6 Å². The Kier molecular flexibility index (Phi) is 55.2. The van der Waals surface area contributed by atoms with Gasteiger partial charge in [-0.1, -0.05) is 274 Å². The Morgan fingerprint density at radius 1 is 0.437 bits per heavy atom. The Bertz CT molecular complexity index is 1350. The summed E-state index contributed by atoms with van der Waals surface area (Å²) in [5, 5.41) is 0. The minimum atomic E-state index is -4.38. The van der Waals surface area contributed by atoms with Crippen LogP contribution in [0.25, 0.3) is 0 Å². The highest BCUT2D eigenvalue weighted by atomic mass is 31.2. The molecule has 0 bridgehead atoms. The van der Waals surface area contributed by atoms with Gasteiger partial charge >= 0.3 is 19.8 Å². The Morgan fingerprint density at radius 2 is 0.775 bits per heavy atom. The van der Waals surface area contributed by atoms with Crippen LogP contribution >= 0.6 is 7.82 Å². The van der Waals surface area contributed by atoms with Crippen molar-refractivity contribution in [2.45, 2.75) is 290 Å². The fourth-order valence-corrected chi connectivity index (χ4v) is 9.31. The standard InChI is InChI=1S/C61H112NO8P/c1-3-5-7-9-11-13-15-17-19-21-22-23-24-25-26-27-28-29-30-31-32-33-34-35-36-38-40-42-44-46-48-50-52-54-61(64)70-59(58-69-71(65,66)68-56-55-62)57-67-60(63)53-51-49-47-45-43-41-39-37-20-18-16-14-12-10-8-6-4-2/h5,7,11,13,17,19,22-23,25-26,59H,3-4,6,8-10,12,14-16,18,20-21,24,27-58,62H2,1-2H3,(H,65,66)/b7-5-,13-11-,19-17-,23-22-,26-25-. The van der Waals surface area contributed by atoms with Gasteiger partial charge in [0.1, 0.15) is 6.61 Å². The van der Waals surface area contributed by atoms with E-state index in [-0.39, 0.29) is 38.6 Å². The number of nitrogens with two attached hydrogens (primary N) is 1. The normalized spacial score (nSPS) is 13.5. The quantitative estimate of drug-likeness (QED) is 0.0264. The first-order valence-electron chi connectivity index (χ1n) is 29.8. The summed E-state index contributed by atoms with van der Waals surface area (Å²) in [4.78, 5) is 35.2. The molecule has 0 radical (unpaired) electrons. The lowest BCUT2D eigenvalue weighted by molar-refractivity contribution is -0.161. The lowest BCUT2D eigenvalue weighted by Gasteiger charge is -2.19. The van der Waals surface area contributed by atoms with E-state index in [1.54, 1.807) is 0 Å². The highest BCUT2D eigenvalue weighted by Crippen LogP contribution is 2.43. The summed E-state index contributed by atoms with van der Waals surface area (Å²) < 4.78 is 33.0. The van der Waals surface area contributed by atoms with Crippen molar-refractivity contribution in [2.75, 3.05) is 26.4 Å². The van der Waals surface area contributed by atoms with Crippen molar-refractivity contribution >= 4 is 19.8 Å². The average Bonchev–Trinajstić information content (AvgIpc) is 3.36. The summed E-state index contributed by atoms with van der Waals surface area (Å²) in [6.07, 6.45) is 71.4. The van der Waals surface area contributed by atoms with Gasteiger partial charge in [0, 0.05) is 19.4 Å². The molecule has 0 fully saturated rings. The van der Waals surface area contributed by atoms with Crippen LogP contribution < -0.4 is 5.73 Å². The van der Waals surface area contributed by atoms with Gasteiger partial charge in [-0.3, -0.25) is 18.6 Å². The Balaban J connectivity index is 3.88. The second-order valence-electron chi connectivity index (χ2n) is 19.8. The van der Waals surface area contributed by atoms with E-state index in [0.717, 1.165) is 70.6 Å². The molecule has 0 aromatic carbocycles. The van der Waals surface area contributed by atoms with E-state index < -0.39 is 26.5 Å². The molecule has 0 heterocycles. The van der Waals surface area contributed by atoms with Crippen LogP contribution in [0.5, 0.6) is 0 Å². The van der Waals surface area contributed by atoms with Gasteiger partial charge in [-0.2, -0.15) is 0 Å². The smallest absolute Gasteiger partial charge is 0.462 e. The first kappa shape index (κ1) is 68.7. The van der Waals surface area contributed by atoms with Crippen LogP contribution in [-0.2, 0) is 32.7 Å². The number of rotatable bonds is 56. The summed E-state index contributed by atoms with van der Waals surface area (Å²) >= 11 is 0. The van der Waals surface area contributed by atoms with E-state index >= 15 is 0 Å². The molecular formula is C61H112NO8P. The number of esters is 2. The topological polar surface area (TPSA) is 134 Å². The monoisotopic (exact) mass is 1020 g/mol. The number of hydrogen-bond acceptors (Lipinski definition) is 8. The van der Waals surface area contributed by atoms with Crippen LogP contribution in [-0.4, -0.2) is 49.3 Å². The van der Waals surface area contributed by atoms with Crippen molar-refractivity contribution in [1.29, 1.82) is 0 Å². The molecule has 0 amide bonds. The fraction of sp³-hybridized carbons (Fsp3) is 0.803. The maximum Gasteiger partial charge on any atom is 0.472 e. The Morgan fingerprint density at radius 3 is 1.15 bits per heavy atom. The molecule has 0 aromatic rings. The average molecular weight is 1020 g/mol. The van der Waals surface area contributed by atoms with Gasteiger partial charge in [0.25, 0.3) is 0 Å². The van der Waals surface area contributed by atoms with Gasteiger partial charge in [0.2, 0.25) is 0 Å². The van der Waals surface area contributed by atoms with E-state index in [4.69, 9.17) is 24.3 Å². The molecule has 2 atom stereocenters. The zero-order valence-corrected chi connectivity index (χ0v) is 47.1. The van der Waals surface area contributed by atoms with Crippen LogP contribution in [0.15, 0.2) is 60.8 Å². The Labute approximate surface area is 438 Å². The number of ether oxygens (including phenoxy) is 2. The van der Waals surface area contributed by atoms with Crippen LogP contribution in [0.3, 0.4) is 0 Å². The van der Waals surface area contributed by atoms with Crippen molar-refractivity contribution in [3.63, 3.8) is 0 Å². The van der Waals surface area contributed by atoms with Gasteiger partial charge in [0.15, 0.2) is 6.10 Å². The molecule has 0 aliphatic rings. The van der Waals surface area contributed by atoms with Crippen molar-refractivity contribution in [3.8, 4) is 0 Å². The number of carbonyl (C=O) groups is 2. The molecule has 414 valence electrons. The summed E-state index contributed by atoms with van der Waals surface area (Å²) in [6.45, 7) is 3.67. The highest BCUT2D eigenvalue weighted by Gasteiger charge is 2.26. The molecule has 0 saturated heterocycles. The molecule has 10 heteroatoms. The van der Waals surface area contributed by atoms with Crippen molar-refractivity contribution in [2.24, 2.45) is 5.73 Å². The van der Waals surface area contributed by atoms with E-state index in [2.05, 4.69) is 74.6 Å². The molecule has 0 aromatic heterocycles. The lowest BCUT2D eigenvalue weighted by Crippen LogP contribution is -2.29. The van der Waals surface area contributed by atoms with E-state index in [9.17, 15) is 19.0 Å². The van der Waals surface area contributed by atoms with Crippen molar-refractivity contribution in [3.05, 3.63) is 60.8 Å².